The van der Waals surface area contributed by atoms with Gasteiger partial charge >= 0.3 is 18.1 Å². The molecule has 0 aliphatic carbocycles. The van der Waals surface area contributed by atoms with Crippen LogP contribution in [-0.2, 0) is 24.5 Å². The smallest absolute Gasteiger partial charge is 0.385 e. The van der Waals surface area contributed by atoms with Crippen molar-refractivity contribution in [3.05, 3.63) is 63.1 Å². The first kappa shape index (κ1) is 28.3. The van der Waals surface area contributed by atoms with Gasteiger partial charge in [0.1, 0.15) is 23.1 Å². The summed E-state index contributed by atoms with van der Waals surface area (Å²) in [5, 5.41) is 4.84. The summed E-state index contributed by atoms with van der Waals surface area (Å²) in [5.41, 5.74) is -3.33. The number of amides is 1. The molecule has 38 heavy (non-hydrogen) atoms. The molecule has 0 bridgehead atoms. The lowest BCUT2D eigenvalue weighted by atomic mass is 9.62. The number of fused-ring (bicyclic) bond motifs is 2. The first-order valence-corrected chi connectivity index (χ1v) is 12.1. The predicted molar refractivity (Wildman–Crippen MR) is 128 cm³/mol. The van der Waals surface area contributed by atoms with Crippen LogP contribution in [-0.4, -0.2) is 36.1 Å². The molecule has 0 radical (unpaired) electrons. The summed E-state index contributed by atoms with van der Waals surface area (Å²) >= 11 is 12.0. The van der Waals surface area contributed by atoms with Gasteiger partial charge in [-0.1, -0.05) is 56.1 Å². The van der Waals surface area contributed by atoms with Crippen LogP contribution in [0.3, 0.4) is 0 Å². The minimum Gasteiger partial charge on any atom is -0.385 e. The number of carbonyl (C=O) groups excluding carboxylic acids is 3. The standard InChI is InChI=1S/C25H21Cl2F5N2O4/c1-23(2,3)9-15-24(17-13(28)7-10(26)8-14(17)33-21(24)36)16(11-5-4-6-12(27)18(11)29)19(34-15)20(35)38-22(37)25(30,31)32/h4-8,15-16,19,34H,9H2,1-3H3,(H,33,36)/t15-,16-,19+,24?/m0/s1. The SMILES string of the molecule is CC(C)(C)C[C@@H]1N[C@@H](C(=O)OC(=O)C(F)(F)F)[C@H](c2cccc(Cl)c2F)C12C(=O)Nc1cc(Cl)cc(F)c12. The van der Waals surface area contributed by atoms with Gasteiger partial charge in [-0.2, -0.15) is 13.2 Å². The number of benzene rings is 2. The van der Waals surface area contributed by atoms with E-state index in [9.17, 15) is 27.6 Å². The van der Waals surface area contributed by atoms with E-state index < -0.39 is 69.5 Å². The molecule has 4 atom stereocenters. The third kappa shape index (κ3) is 4.65. The molecule has 1 spiro atoms. The second-order valence-corrected chi connectivity index (χ2v) is 11.3. The Labute approximate surface area is 223 Å². The molecule has 0 saturated carbocycles. The number of anilines is 1. The highest BCUT2D eigenvalue weighted by molar-refractivity contribution is 6.31. The lowest BCUT2D eigenvalue weighted by Crippen LogP contribution is -2.50. The molecule has 2 N–H and O–H groups in total. The molecule has 2 aliphatic heterocycles. The van der Waals surface area contributed by atoms with Crippen molar-refractivity contribution in [2.75, 3.05) is 5.32 Å². The number of hydrogen-bond donors (Lipinski definition) is 2. The number of hydrogen-bond acceptors (Lipinski definition) is 5. The Morgan fingerprint density at radius 3 is 2.37 bits per heavy atom. The van der Waals surface area contributed by atoms with Gasteiger partial charge in [-0.05, 0) is 35.6 Å². The summed E-state index contributed by atoms with van der Waals surface area (Å²) in [6.45, 7) is 5.34. The summed E-state index contributed by atoms with van der Waals surface area (Å²) in [5.74, 6) is -9.08. The topological polar surface area (TPSA) is 84.5 Å². The number of rotatable bonds is 3. The molecule has 4 rings (SSSR count). The summed E-state index contributed by atoms with van der Waals surface area (Å²) < 4.78 is 74.0. The third-order valence-corrected chi connectivity index (χ3v) is 7.17. The highest BCUT2D eigenvalue weighted by Gasteiger charge is 2.68. The maximum absolute atomic E-state index is 15.6. The van der Waals surface area contributed by atoms with Crippen molar-refractivity contribution in [2.24, 2.45) is 5.41 Å². The van der Waals surface area contributed by atoms with Crippen molar-refractivity contribution in [1.29, 1.82) is 0 Å². The van der Waals surface area contributed by atoms with E-state index in [0.717, 1.165) is 6.07 Å². The minimum atomic E-state index is -5.51. The van der Waals surface area contributed by atoms with E-state index in [1.54, 1.807) is 20.8 Å². The van der Waals surface area contributed by atoms with Gasteiger partial charge in [-0.3, -0.25) is 10.1 Å². The average molecular weight is 579 g/mol. The fourth-order valence-corrected chi connectivity index (χ4v) is 5.81. The molecule has 2 aromatic rings. The van der Waals surface area contributed by atoms with E-state index in [-0.39, 0.29) is 28.3 Å². The second kappa shape index (κ2) is 9.46. The van der Waals surface area contributed by atoms with Gasteiger partial charge in [0.25, 0.3) is 0 Å². The third-order valence-electron chi connectivity index (χ3n) is 6.66. The Bertz CT molecular complexity index is 1340. The van der Waals surface area contributed by atoms with Crippen LogP contribution in [0.1, 0.15) is 44.2 Å². The zero-order chi connectivity index (χ0) is 28.4. The van der Waals surface area contributed by atoms with Crippen molar-refractivity contribution >= 4 is 46.7 Å². The van der Waals surface area contributed by atoms with Gasteiger partial charge < -0.3 is 10.1 Å². The first-order chi connectivity index (χ1) is 17.5. The van der Waals surface area contributed by atoms with E-state index in [1.165, 1.54) is 24.3 Å². The molecule has 0 aromatic heterocycles. The predicted octanol–water partition coefficient (Wildman–Crippen LogP) is 5.65. The lowest BCUT2D eigenvalue weighted by molar-refractivity contribution is -0.202. The highest BCUT2D eigenvalue weighted by Crippen LogP contribution is 2.58. The van der Waals surface area contributed by atoms with Crippen LogP contribution in [0.5, 0.6) is 0 Å². The summed E-state index contributed by atoms with van der Waals surface area (Å²) in [6.07, 6.45) is -5.44. The van der Waals surface area contributed by atoms with E-state index >= 15 is 8.78 Å². The molecule has 2 aromatic carbocycles. The van der Waals surface area contributed by atoms with Gasteiger partial charge in [0.05, 0.1) is 5.02 Å². The molecule has 6 nitrogen and oxygen atoms in total. The average Bonchev–Trinajstić information content (AvgIpc) is 3.23. The Kier molecular flexibility index (Phi) is 7.03. The maximum Gasteiger partial charge on any atom is 0.491 e. The molecule has 1 saturated heterocycles. The van der Waals surface area contributed by atoms with E-state index in [0.29, 0.717) is 0 Å². The Hall–Kier alpha value is -2.76. The molecule has 2 heterocycles. The monoisotopic (exact) mass is 578 g/mol. The number of carbonyl (C=O) groups is 3. The van der Waals surface area contributed by atoms with E-state index in [2.05, 4.69) is 15.4 Å². The largest absolute Gasteiger partial charge is 0.491 e. The highest BCUT2D eigenvalue weighted by atomic mass is 35.5. The molecule has 204 valence electrons. The van der Waals surface area contributed by atoms with Crippen LogP contribution in [0.25, 0.3) is 0 Å². The molecule has 2 aliphatic rings. The zero-order valence-electron chi connectivity index (χ0n) is 20.1. The van der Waals surface area contributed by atoms with Gasteiger partial charge in [0, 0.05) is 28.2 Å². The molecule has 1 unspecified atom stereocenters. The first-order valence-electron chi connectivity index (χ1n) is 11.3. The number of ether oxygens (including phenoxy) is 1. The fraction of sp³-hybridized carbons (Fsp3) is 0.400. The quantitative estimate of drug-likeness (QED) is 0.279. The van der Waals surface area contributed by atoms with Crippen LogP contribution in [0, 0.1) is 17.0 Å². The summed E-state index contributed by atoms with van der Waals surface area (Å²) in [6, 6.07) is 2.85. The van der Waals surface area contributed by atoms with E-state index in [4.69, 9.17) is 23.2 Å². The Balaban J connectivity index is 2.02. The number of alkyl halides is 3. The van der Waals surface area contributed by atoms with Crippen LogP contribution in [0.15, 0.2) is 30.3 Å². The Morgan fingerprint density at radius 1 is 1.11 bits per heavy atom. The van der Waals surface area contributed by atoms with Crippen LogP contribution < -0.4 is 10.6 Å². The minimum absolute atomic E-state index is 0.0477. The van der Waals surface area contributed by atoms with Crippen molar-refractivity contribution < 1.29 is 41.1 Å². The van der Waals surface area contributed by atoms with Gasteiger partial charge in [0.15, 0.2) is 0 Å². The van der Waals surface area contributed by atoms with Crippen molar-refractivity contribution in [1.82, 2.24) is 5.32 Å². The Morgan fingerprint density at radius 2 is 1.76 bits per heavy atom. The number of esters is 2. The van der Waals surface area contributed by atoms with Crippen LogP contribution >= 0.6 is 23.2 Å². The van der Waals surface area contributed by atoms with Gasteiger partial charge in [-0.25, -0.2) is 18.4 Å². The molecule has 1 fully saturated rings. The van der Waals surface area contributed by atoms with Gasteiger partial charge in [-0.15, -0.1) is 0 Å². The fourth-order valence-electron chi connectivity index (χ4n) is 5.42. The number of nitrogens with one attached hydrogen (secondary N) is 2. The van der Waals surface area contributed by atoms with Crippen molar-refractivity contribution in [2.45, 2.75) is 56.8 Å². The maximum atomic E-state index is 15.6. The van der Waals surface area contributed by atoms with Gasteiger partial charge in [0.2, 0.25) is 5.91 Å². The molecular weight excluding hydrogens is 558 g/mol. The van der Waals surface area contributed by atoms with E-state index in [1.807, 2.05) is 0 Å². The number of halogens is 7. The normalized spacial score (nSPS) is 24.9. The molecule has 1 amide bonds. The summed E-state index contributed by atoms with van der Waals surface area (Å²) in [7, 11) is 0. The molecular formula is C25H21Cl2F5N2O4. The second-order valence-electron chi connectivity index (χ2n) is 10.4. The summed E-state index contributed by atoms with van der Waals surface area (Å²) in [4.78, 5) is 38.4. The van der Waals surface area contributed by atoms with Crippen molar-refractivity contribution in [3.63, 3.8) is 0 Å². The van der Waals surface area contributed by atoms with Crippen LogP contribution in [0.4, 0.5) is 27.6 Å². The van der Waals surface area contributed by atoms with Crippen molar-refractivity contribution in [3.8, 4) is 0 Å². The zero-order valence-corrected chi connectivity index (χ0v) is 21.6. The molecule has 13 heteroatoms. The lowest BCUT2D eigenvalue weighted by Gasteiger charge is -2.37. The van der Waals surface area contributed by atoms with Crippen LogP contribution in [0.2, 0.25) is 10.0 Å².